The van der Waals surface area contributed by atoms with Gasteiger partial charge < -0.3 is 15.0 Å². The second-order valence-electron chi connectivity index (χ2n) is 4.80. The number of rotatable bonds is 4. The molecule has 1 saturated carbocycles. The Labute approximate surface area is 133 Å². The van der Waals surface area contributed by atoms with Crippen molar-refractivity contribution >= 4 is 37.5 Å². The molecule has 1 unspecified atom stereocenters. The molecule has 0 radical (unpaired) electrons. The van der Waals surface area contributed by atoms with E-state index in [2.05, 4.69) is 42.0 Å². The third kappa shape index (κ3) is 2.62. The number of benzene rings is 1. The van der Waals surface area contributed by atoms with Gasteiger partial charge in [-0.25, -0.2) is 0 Å². The zero-order valence-electron chi connectivity index (χ0n) is 10.8. The largest absolute Gasteiger partial charge is 0.397 e. The quantitative estimate of drug-likeness (QED) is 0.784. The number of nitrogens with zero attached hydrogens (tertiary/aromatic N) is 2. The van der Waals surface area contributed by atoms with Gasteiger partial charge >= 0.3 is 0 Å². The fourth-order valence-corrected chi connectivity index (χ4v) is 3.35. The molecule has 2 N–H and O–H groups in total. The van der Waals surface area contributed by atoms with E-state index in [1.165, 1.54) is 0 Å². The number of halogens is 2. The van der Waals surface area contributed by atoms with E-state index >= 15 is 0 Å². The molecule has 106 valence electrons. The van der Waals surface area contributed by atoms with Gasteiger partial charge in [-0.3, -0.25) is 0 Å². The van der Waals surface area contributed by atoms with Gasteiger partial charge in [0.15, 0.2) is 0 Å². The van der Waals surface area contributed by atoms with Crippen LogP contribution in [0.1, 0.15) is 24.8 Å². The lowest BCUT2D eigenvalue weighted by molar-refractivity contribution is 0.0751. The Balaban J connectivity index is 1.97. The number of hydrogen-bond acceptors (Lipinski definition) is 5. The zero-order chi connectivity index (χ0) is 14.3. The predicted octanol–water partition coefficient (Wildman–Crippen LogP) is 3.94. The van der Waals surface area contributed by atoms with Gasteiger partial charge in [-0.2, -0.15) is 4.98 Å². The fourth-order valence-electron chi connectivity index (χ4n) is 2.13. The Morgan fingerprint density at radius 2 is 2.15 bits per heavy atom. The Morgan fingerprint density at radius 1 is 1.40 bits per heavy atom. The highest BCUT2D eigenvalue weighted by molar-refractivity contribution is 9.11. The summed E-state index contributed by atoms with van der Waals surface area (Å²) >= 11 is 6.83. The van der Waals surface area contributed by atoms with Crippen molar-refractivity contribution in [2.45, 2.75) is 18.9 Å². The van der Waals surface area contributed by atoms with Gasteiger partial charge in [0, 0.05) is 16.1 Å². The van der Waals surface area contributed by atoms with E-state index in [9.17, 15) is 0 Å². The van der Waals surface area contributed by atoms with Crippen LogP contribution in [0.2, 0.25) is 0 Å². The first kappa shape index (κ1) is 14.0. The van der Waals surface area contributed by atoms with Gasteiger partial charge in [-0.15, -0.1) is 0 Å². The van der Waals surface area contributed by atoms with Gasteiger partial charge in [-0.1, -0.05) is 21.1 Å². The van der Waals surface area contributed by atoms with Crippen LogP contribution in [0.25, 0.3) is 11.5 Å². The lowest BCUT2D eigenvalue weighted by atomic mass is 10.2. The highest BCUT2D eigenvalue weighted by Crippen LogP contribution is 2.42. The molecular formula is C13H13Br2N3O2. The first-order valence-electron chi connectivity index (χ1n) is 6.21. The first-order chi connectivity index (χ1) is 9.60. The second-order valence-corrected chi connectivity index (χ2v) is 6.57. The number of nitrogen functional groups attached to an aromatic ring is 1. The van der Waals surface area contributed by atoms with Crippen LogP contribution in [0.15, 0.2) is 25.6 Å². The maximum atomic E-state index is 6.05. The molecule has 1 aromatic carbocycles. The molecule has 0 bridgehead atoms. The first-order valence-corrected chi connectivity index (χ1v) is 7.80. The minimum absolute atomic E-state index is 0.0932. The molecular weight excluding hydrogens is 390 g/mol. The van der Waals surface area contributed by atoms with Gasteiger partial charge in [0.1, 0.15) is 6.10 Å². The van der Waals surface area contributed by atoms with Gasteiger partial charge in [0.2, 0.25) is 5.82 Å². The maximum Gasteiger partial charge on any atom is 0.260 e. The van der Waals surface area contributed by atoms with Crippen LogP contribution < -0.4 is 5.73 Å². The number of methoxy groups -OCH3 is 1. The highest BCUT2D eigenvalue weighted by atomic mass is 79.9. The maximum absolute atomic E-state index is 6.05. The minimum Gasteiger partial charge on any atom is -0.397 e. The molecule has 0 saturated heterocycles. The van der Waals surface area contributed by atoms with Crippen molar-refractivity contribution in [1.82, 2.24) is 10.1 Å². The lowest BCUT2D eigenvalue weighted by Crippen LogP contribution is -2.05. The topological polar surface area (TPSA) is 74.2 Å². The SMILES string of the molecule is COC(c1noc(-c2cc(Br)cc(Br)c2N)n1)C1CC1. The summed E-state index contributed by atoms with van der Waals surface area (Å²) in [6.45, 7) is 0. The summed E-state index contributed by atoms with van der Waals surface area (Å²) in [5.74, 6) is 1.49. The summed E-state index contributed by atoms with van der Waals surface area (Å²) in [7, 11) is 1.67. The van der Waals surface area contributed by atoms with E-state index in [-0.39, 0.29) is 6.10 Å². The van der Waals surface area contributed by atoms with E-state index in [1.54, 1.807) is 7.11 Å². The molecule has 5 nitrogen and oxygen atoms in total. The van der Waals surface area contributed by atoms with Crippen LogP contribution >= 0.6 is 31.9 Å². The Hall–Kier alpha value is -0.920. The smallest absolute Gasteiger partial charge is 0.260 e. The number of aromatic nitrogens is 2. The van der Waals surface area contributed by atoms with Crippen molar-refractivity contribution in [2.24, 2.45) is 5.92 Å². The molecule has 1 aliphatic carbocycles. The fraction of sp³-hybridized carbons (Fsp3) is 0.385. The second kappa shape index (κ2) is 5.46. The van der Waals surface area contributed by atoms with E-state index < -0.39 is 0 Å². The molecule has 1 fully saturated rings. The van der Waals surface area contributed by atoms with Crippen LogP contribution in [0.3, 0.4) is 0 Å². The normalized spacial score (nSPS) is 16.4. The van der Waals surface area contributed by atoms with Crippen LogP contribution in [0, 0.1) is 5.92 Å². The van der Waals surface area contributed by atoms with Gasteiger partial charge in [0.05, 0.1) is 11.3 Å². The van der Waals surface area contributed by atoms with E-state index in [4.69, 9.17) is 15.0 Å². The monoisotopic (exact) mass is 401 g/mol. The van der Waals surface area contributed by atoms with Crippen molar-refractivity contribution in [3.8, 4) is 11.5 Å². The van der Waals surface area contributed by atoms with Crippen molar-refractivity contribution < 1.29 is 9.26 Å². The lowest BCUT2D eigenvalue weighted by Gasteiger charge is -2.08. The average molecular weight is 403 g/mol. The number of anilines is 1. The summed E-state index contributed by atoms with van der Waals surface area (Å²) in [6, 6.07) is 3.73. The molecule has 3 rings (SSSR count). The molecule has 1 aromatic heterocycles. The zero-order valence-corrected chi connectivity index (χ0v) is 13.9. The predicted molar refractivity (Wildman–Crippen MR) is 82.0 cm³/mol. The summed E-state index contributed by atoms with van der Waals surface area (Å²) in [4.78, 5) is 4.43. The number of nitrogens with two attached hydrogens (primary N) is 1. The molecule has 7 heteroatoms. The standard InChI is InChI=1S/C13H13Br2N3O2/c1-19-11(6-2-3-6)12-17-13(20-18-12)8-4-7(14)5-9(15)10(8)16/h4-6,11H,2-3,16H2,1H3. The average Bonchev–Trinajstić information content (AvgIpc) is 3.12. The number of ether oxygens (including phenoxy) is 1. The van der Waals surface area contributed by atoms with Crippen LogP contribution in [0.5, 0.6) is 0 Å². The minimum atomic E-state index is -0.0932. The van der Waals surface area contributed by atoms with Crippen molar-refractivity contribution in [3.63, 3.8) is 0 Å². The summed E-state index contributed by atoms with van der Waals surface area (Å²) in [5.41, 5.74) is 7.32. The van der Waals surface area contributed by atoms with E-state index in [0.717, 1.165) is 21.8 Å². The van der Waals surface area contributed by atoms with Crippen LogP contribution in [-0.2, 0) is 4.74 Å². The van der Waals surface area contributed by atoms with Crippen molar-refractivity contribution in [3.05, 3.63) is 26.9 Å². The van der Waals surface area contributed by atoms with Crippen molar-refractivity contribution in [1.29, 1.82) is 0 Å². The third-order valence-corrected chi connectivity index (χ3v) is 4.44. The van der Waals surface area contributed by atoms with Gasteiger partial charge in [-0.05, 0) is 46.8 Å². The molecule has 20 heavy (non-hydrogen) atoms. The number of hydrogen-bond donors (Lipinski definition) is 1. The summed E-state index contributed by atoms with van der Waals surface area (Å²) in [6.07, 6.45) is 2.20. The molecule has 2 aromatic rings. The Morgan fingerprint density at radius 3 is 2.80 bits per heavy atom. The molecule has 1 aliphatic rings. The van der Waals surface area contributed by atoms with Gasteiger partial charge in [0.25, 0.3) is 5.89 Å². The van der Waals surface area contributed by atoms with Crippen molar-refractivity contribution in [2.75, 3.05) is 12.8 Å². The highest BCUT2D eigenvalue weighted by Gasteiger charge is 2.35. The van der Waals surface area contributed by atoms with E-state index in [1.807, 2.05) is 12.1 Å². The summed E-state index contributed by atoms with van der Waals surface area (Å²) in [5, 5.41) is 4.03. The van der Waals surface area contributed by atoms with E-state index in [0.29, 0.717) is 28.9 Å². The molecule has 0 amide bonds. The molecule has 0 spiro atoms. The van der Waals surface area contributed by atoms with Crippen LogP contribution in [0.4, 0.5) is 5.69 Å². The third-order valence-electron chi connectivity index (χ3n) is 3.33. The van der Waals surface area contributed by atoms with Crippen LogP contribution in [-0.4, -0.2) is 17.3 Å². The molecule has 0 aliphatic heterocycles. The molecule has 1 heterocycles. The molecule has 1 atom stereocenters. The Kier molecular flexibility index (Phi) is 3.83. The summed E-state index contributed by atoms with van der Waals surface area (Å²) < 4.78 is 12.5. The Bertz CT molecular complexity index is 641.